The highest BCUT2D eigenvalue weighted by Gasteiger charge is 2.05. The largest absolute Gasteiger partial charge is 0.326 e. The van der Waals surface area contributed by atoms with Gasteiger partial charge in [0.1, 0.15) is 0 Å². The minimum Gasteiger partial charge on any atom is -0.326 e. The van der Waals surface area contributed by atoms with Crippen LogP contribution in [0.4, 0.5) is 0 Å². The van der Waals surface area contributed by atoms with Crippen molar-refractivity contribution >= 4 is 0 Å². The number of rotatable bonds is 3. The van der Waals surface area contributed by atoms with Crippen LogP contribution in [0.25, 0.3) is 11.3 Å². The van der Waals surface area contributed by atoms with Crippen molar-refractivity contribution in [3.63, 3.8) is 0 Å². The predicted octanol–water partition coefficient (Wildman–Crippen LogP) is 2.08. The van der Waals surface area contributed by atoms with Crippen molar-refractivity contribution in [2.24, 2.45) is 5.73 Å². The van der Waals surface area contributed by atoms with E-state index >= 15 is 0 Å². The van der Waals surface area contributed by atoms with E-state index in [0.717, 1.165) is 16.8 Å². The molecule has 0 saturated carbocycles. The molecule has 4 nitrogen and oxygen atoms in total. The van der Waals surface area contributed by atoms with E-state index in [1.807, 2.05) is 49.0 Å². The summed E-state index contributed by atoms with van der Waals surface area (Å²) in [6.45, 7) is 4.59. The van der Waals surface area contributed by atoms with Gasteiger partial charge in [0.15, 0.2) is 0 Å². The van der Waals surface area contributed by atoms with Gasteiger partial charge < -0.3 is 5.73 Å². The lowest BCUT2D eigenvalue weighted by Gasteiger charge is -2.04. The van der Waals surface area contributed by atoms with Crippen molar-refractivity contribution in [2.75, 3.05) is 0 Å². The van der Waals surface area contributed by atoms with Crippen LogP contribution in [0, 0.1) is 18.3 Å². The summed E-state index contributed by atoms with van der Waals surface area (Å²) >= 11 is 0. The van der Waals surface area contributed by atoms with Gasteiger partial charge in [0.05, 0.1) is 23.9 Å². The summed E-state index contributed by atoms with van der Waals surface area (Å²) in [6.07, 6.45) is 1.92. The van der Waals surface area contributed by atoms with Gasteiger partial charge in [-0.2, -0.15) is 10.4 Å². The number of nitrogens with zero attached hydrogens (tertiary/aromatic N) is 3. The molecule has 4 heteroatoms. The molecule has 2 rings (SSSR count). The molecule has 0 fully saturated rings. The fourth-order valence-electron chi connectivity index (χ4n) is 1.86. The van der Waals surface area contributed by atoms with Gasteiger partial charge >= 0.3 is 0 Å². The Balaban J connectivity index is 2.29. The van der Waals surface area contributed by atoms with Crippen molar-refractivity contribution in [1.29, 1.82) is 5.26 Å². The zero-order valence-electron chi connectivity index (χ0n) is 10.6. The highest BCUT2D eigenvalue weighted by atomic mass is 15.3. The van der Waals surface area contributed by atoms with Crippen molar-refractivity contribution in [3.05, 3.63) is 41.6 Å². The summed E-state index contributed by atoms with van der Waals surface area (Å²) in [7, 11) is 0. The van der Waals surface area contributed by atoms with Crippen LogP contribution in [0.5, 0.6) is 0 Å². The predicted molar refractivity (Wildman–Crippen MR) is 70.8 cm³/mol. The minimum absolute atomic E-state index is 0.0838. The molecule has 0 aliphatic carbocycles. The van der Waals surface area contributed by atoms with Crippen molar-refractivity contribution in [1.82, 2.24) is 9.78 Å². The van der Waals surface area contributed by atoms with Crippen LogP contribution in [0.15, 0.2) is 30.5 Å². The molecule has 0 amide bonds. The molecule has 0 aliphatic heterocycles. The van der Waals surface area contributed by atoms with Gasteiger partial charge in [-0.3, -0.25) is 4.68 Å². The lowest BCUT2D eigenvalue weighted by Crippen LogP contribution is -2.22. The van der Waals surface area contributed by atoms with E-state index in [-0.39, 0.29) is 6.04 Å². The zero-order valence-corrected chi connectivity index (χ0v) is 10.6. The Bertz CT molecular complexity index is 590. The van der Waals surface area contributed by atoms with Crippen LogP contribution in [-0.4, -0.2) is 15.8 Å². The van der Waals surface area contributed by atoms with E-state index in [1.54, 1.807) is 0 Å². The smallest absolute Gasteiger partial charge is 0.0994 e. The molecule has 1 aromatic carbocycles. The third-order valence-electron chi connectivity index (χ3n) is 2.76. The van der Waals surface area contributed by atoms with Gasteiger partial charge in [-0.25, -0.2) is 0 Å². The monoisotopic (exact) mass is 240 g/mol. The molecule has 1 atom stereocenters. The quantitative estimate of drug-likeness (QED) is 0.893. The Kier molecular flexibility index (Phi) is 3.45. The molecule has 0 bridgehead atoms. The second kappa shape index (κ2) is 5.03. The number of nitrogens with two attached hydrogens (primary N) is 1. The Labute approximate surface area is 107 Å². The molecule has 92 valence electrons. The molecule has 0 saturated heterocycles. The van der Waals surface area contributed by atoms with Crippen LogP contribution in [0.3, 0.4) is 0 Å². The van der Waals surface area contributed by atoms with Crippen LogP contribution >= 0.6 is 0 Å². The Morgan fingerprint density at radius 3 is 2.83 bits per heavy atom. The first-order chi connectivity index (χ1) is 8.60. The number of nitriles is 1. The van der Waals surface area contributed by atoms with Crippen molar-refractivity contribution in [3.8, 4) is 17.3 Å². The third-order valence-corrected chi connectivity index (χ3v) is 2.76. The van der Waals surface area contributed by atoms with E-state index in [9.17, 15) is 0 Å². The van der Waals surface area contributed by atoms with Crippen molar-refractivity contribution < 1.29 is 0 Å². The molecular weight excluding hydrogens is 224 g/mol. The van der Waals surface area contributed by atoms with E-state index in [0.29, 0.717) is 12.1 Å². The number of hydrogen-bond acceptors (Lipinski definition) is 3. The highest BCUT2D eigenvalue weighted by molar-refractivity contribution is 5.61. The van der Waals surface area contributed by atoms with E-state index in [2.05, 4.69) is 11.2 Å². The second-order valence-electron chi connectivity index (χ2n) is 4.54. The third kappa shape index (κ3) is 2.58. The maximum absolute atomic E-state index is 8.90. The maximum atomic E-state index is 8.90. The first-order valence-corrected chi connectivity index (χ1v) is 5.90. The van der Waals surface area contributed by atoms with Gasteiger partial charge in [0.2, 0.25) is 0 Å². The molecule has 0 aliphatic rings. The molecule has 18 heavy (non-hydrogen) atoms. The van der Waals surface area contributed by atoms with Gasteiger partial charge in [-0.15, -0.1) is 0 Å². The minimum atomic E-state index is 0.0838. The first-order valence-electron chi connectivity index (χ1n) is 5.90. The molecule has 0 radical (unpaired) electrons. The normalized spacial score (nSPS) is 12.1. The summed E-state index contributed by atoms with van der Waals surface area (Å²) in [5.74, 6) is 0. The van der Waals surface area contributed by atoms with Crippen molar-refractivity contribution in [2.45, 2.75) is 26.4 Å². The topological polar surface area (TPSA) is 67.6 Å². The molecular formula is C14H16N4. The Morgan fingerprint density at radius 1 is 1.44 bits per heavy atom. The average Bonchev–Trinajstić information content (AvgIpc) is 2.76. The maximum Gasteiger partial charge on any atom is 0.0994 e. The van der Waals surface area contributed by atoms with Gasteiger partial charge in [0, 0.05) is 17.8 Å². The van der Waals surface area contributed by atoms with Gasteiger partial charge in [-0.05, 0) is 37.6 Å². The summed E-state index contributed by atoms with van der Waals surface area (Å²) in [5.41, 5.74) is 9.34. The molecule has 1 unspecified atom stereocenters. The Morgan fingerprint density at radius 2 is 2.22 bits per heavy atom. The van der Waals surface area contributed by atoms with E-state index in [4.69, 9.17) is 11.0 Å². The fraction of sp³-hybridized carbons (Fsp3) is 0.286. The van der Waals surface area contributed by atoms with E-state index in [1.165, 1.54) is 0 Å². The summed E-state index contributed by atoms with van der Waals surface area (Å²) in [5, 5.41) is 13.4. The summed E-state index contributed by atoms with van der Waals surface area (Å²) in [4.78, 5) is 0. The fourth-order valence-corrected chi connectivity index (χ4v) is 1.86. The Hall–Kier alpha value is -2.12. The number of hydrogen-bond donors (Lipinski definition) is 1. The lowest BCUT2D eigenvalue weighted by molar-refractivity contribution is 0.540. The molecule has 1 heterocycles. The molecule has 2 aromatic rings. The van der Waals surface area contributed by atoms with Gasteiger partial charge in [0.25, 0.3) is 0 Å². The van der Waals surface area contributed by atoms with E-state index < -0.39 is 0 Å². The zero-order chi connectivity index (χ0) is 13.1. The SMILES string of the molecule is Cc1cc(-c2ccn(CC(C)N)n2)ccc1C#N. The second-order valence-corrected chi connectivity index (χ2v) is 4.54. The molecule has 2 N–H and O–H groups in total. The van der Waals surface area contributed by atoms with Gasteiger partial charge in [-0.1, -0.05) is 6.07 Å². The standard InChI is InChI=1S/C14H16N4/c1-10-7-12(3-4-13(10)8-15)14-5-6-18(17-14)9-11(2)16/h3-7,11H,9,16H2,1-2H3. The number of aryl methyl sites for hydroxylation is 1. The summed E-state index contributed by atoms with van der Waals surface area (Å²) in [6, 6.07) is 9.94. The van der Waals surface area contributed by atoms with Crippen LogP contribution in [0.2, 0.25) is 0 Å². The van der Waals surface area contributed by atoms with Crippen LogP contribution < -0.4 is 5.73 Å². The number of aromatic nitrogens is 2. The lowest BCUT2D eigenvalue weighted by atomic mass is 10.0. The van der Waals surface area contributed by atoms with Crippen LogP contribution in [-0.2, 0) is 6.54 Å². The highest BCUT2D eigenvalue weighted by Crippen LogP contribution is 2.20. The van der Waals surface area contributed by atoms with Crippen LogP contribution in [0.1, 0.15) is 18.1 Å². The average molecular weight is 240 g/mol. The summed E-state index contributed by atoms with van der Waals surface area (Å²) < 4.78 is 1.84. The molecule has 0 spiro atoms. The number of benzene rings is 1. The molecule has 1 aromatic heterocycles. The first kappa shape index (κ1) is 12.3.